The monoisotopic (exact) mass is 288 g/mol. The Balaban J connectivity index is 2.18. The molecular formula is C11H17BrN2O2. The van der Waals surface area contributed by atoms with E-state index in [4.69, 9.17) is 4.74 Å². The number of nitrogens with zero attached hydrogens (tertiary/aromatic N) is 2. The minimum absolute atomic E-state index is 0.0907. The van der Waals surface area contributed by atoms with Crippen molar-refractivity contribution in [3.8, 4) is 0 Å². The number of rotatable bonds is 3. The molecule has 1 aromatic rings. The summed E-state index contributed by atoms with van der Waals surface area (Å²) in [5, 5.41) is 14.5. The number of hydrogen-bond acceptors (Lipinski definition) is 3. The topological polar surface area (TPSA) is 47.3 Å². The van der Waals surface area contributed by atoms with Crippen molar-refractivity contribution < 1.29 is 9.84 Å². The van der Waals surface area contributed by atoms with E-state index < -0.39 is 6.10 Å². The third kappa shape index (κ3) is 2.31. The molecule has 4 nitrogen and oxygen atoms in total. The van der Waals surface area contributed by atoms with Crippen molar-refractivity contribution in [3.05, 3.63) is 16.4 Å². The minimum Gasteiger partial charge on any atom is -0.384 e. The van der Waals surface area contributed by atoms with Gasteiger partial charge in [-0.05, 0) is 42.1 Å². The second-order valence-electron chi connectivity index (χ2n) is 4.04. The molecule has 1 fully saturated rings. The first-order valence-electron chi connectivity index (χ1n) is 5.75. The molecule has 2 unspecified atom stereocenters. The van der Waals surface area contributed by atoms with Crippen molar-refractivity contribution in [2.75, 3.05) is 6.61 Å². The largest absolute Gasteiger partial charge is 0.384 e. The molecule has 1 aliphatic heterocycles. The van der Waals surface area contributed by atoms with Crippen LogP contribution in [-0.4, -0.2) is 27.6 Å². The van der Waals surface area contributed by atoms with Gasteiger partial charge in [0.15, 0.2) is 0 Å². The highest BCUT2D eigenvalue weighted by molar-refractivity contribution is 9.10. The van der Waals surface area contributed by atoms with E-state index in [0.29, 0.717) is 0 Å². The Morgan fingerprint density at radius 1 is 1.69 bits per heavy atom. The van der Waals surface area contributed by atoms with Gasteiger partial charge in [0.25, 0.3) is 0 Å². The van der Waals surface area contributed by atoms with Crippen LogP contribution in [0.25, 0.3) is 0 Å². The highest BCUT2D eigenvalue weighted by Gasteiger charge is 2.28. The lowest BCUT2D eigenvalue weighted by Gasteiger charge is -2.27. The number of ether oxygens (including phenoxy) is 1. The summed E-state index contributed by atoms with van der Waals surface area (Å²) in [6.45, 7) is 3.52. The molecule has 0 spiro atoms. The van der Waals surface area contributed by atoms with Gasteiger partial charge < -0.3 is 9.84 Å². The van der Waals surface area contributed by atoms with Crippen molar-refractivity contribution in [3.63, 3.8) is 0 Å². The maximum absolute atomic E-state index is 10.3. The van der Waals surface area contributed by atoms with Crippen LogP contribution in [0.4, 0.5) is 0 Å². The van der Waals surface area contributed by atoms with Crippen LogP contribution >= 0.6 is 15.9 Å². The van der Waals surface area contributed by atoms with Crippen LogP contribution < -0.4 is 0 Å². The van der Waals surface area contributed by atoms with E-state index >= 15 is 0 Å². The van der Waals surface area contributed by atoms with Crippen LogP contribution in [0.5, 0.6) is 0 Å². The predicted octanol–water partition coefficient (Wildman–Crippen LogP) is 2.27. The molecule has 2 rings (SSSR count). The average molecular weight is 289 g/mol. The lowest BCUT2D eigenvalue weighted by atomic mass is 10.0. The molecule has 1 N–H and O–H groups in total. The number of halogens is 1. The fourth-order valence-electron chi connectivity index (χ4n) is 2.11. The first-order valence-corrected chi connectivity index (χ1v) is 6.54. The summed E-state index contributed by atoms with van der Waals surface area (Å²) in [7, 11) is 0. The quantitative estimate of drug-likeness (QED) is 0.928. The van der Waals surface area contributed by atoms with Crippen molar-refractivity contribution in [2.45, 2.75) is 44.9 Å². The molecule has 16 heavy (non-hydrogen) atoms. The van der Waals surface area contributed by atoms with Gasteiger partial charge in [-0.2, -0.15) is 5.10 Å². The smallest absolute Gasteiger partial charge is 0.123 e. The maximum atomic E-state index is 10.3. The van der Waals surface area contributed by atoms with Gasteiger partial charge in [0.2, 0.25) is 0 Å². The number of aliphatic hydroxyl groups is 1. The maximum Gasteiger partial charge on any atom is 0.123 e. The lowest BCUT2D eigenvalue weighted by molar-refractivity contribution is -0.0664. The van der Waals surface area contributed by atoms with E-state index in [0.717, 1.165) is 42.6 Å². The zero-order chi connectivity index (χ0) is 11.5. The first kappa shape index (κ1) is 12.1. The zero-order valence-electron chi connectivity index (χ0n) is 9.40. The zero-order valence-corrected chi connectivity index (χ0v) is 11.0. The van der Waals surface area contributed by atoms with Crippen LogP contribution in [0.2, 0.25) is 0 Å². The van der Waals surface area contributed by atoms with Crippen LogP contribution in [-0.2, 0) is 11.3 Å². The third-order valence-electron chi connectivity index (χ3n) is 2.98. The molecule has 0 aliphatic carbocycles. The van der Waals surface area contributed by atoms with Gasteiger partial charge in [0, 0.05) is 13.2 Å². The molecule has 1 aromatic heterocycles. The van der Waals surface area contributed by atoms with Crippen molar-refractivity contribution in [1.29, 1.82) is 0 Å². The van der Waals surface area contributed by atoms with E-state index in [1.807, 2.05) is 11.6 Å². The summed E-state index contributed by atoms with van der Waals surface area (Å²) >= 11 is 3.43. The third-order valence-corrected chi connectivity index (χ3v) is 3.59. The Hall–Kier alpha value is -0.390. The first-order chi connectivity index (χ1) is 7.74. The summed E-state index contributed by atoms with van der Waals surface area (Å²) in [4.78, 5) is 0. The van der Waals surface area contributed by atoms with Crippen LogP contribution in [0.1, 0.15) is 38.0 Å². The van der Waals surface area contributed by atoms with E-state index in [1.165, 1.54) is 0 Å². The van der Waals surface area contributed by atoms with E-state index in [1.54, 1.807) is 6.20 Å². The number of aryl methyl sites for hydroxylation is 1. The van der Waals surface area contributed by atoms with Gasteiger partial charge >= 0.3 is 0 Å². The van der Waals surface area contributed by atoms with Gasteiger partial charge in [-0.25, -0.2) is 0 Å². The van der Waals surface area contributed by atoms with Crippen LogP contribution in [0, 0.1) is 0 Å². The van der Waals surface area contributed by atoms with Crippen LogP contribution in [0.3, 0.4) is 0 Å². The lowest BCUT2D eigenvalue weighted by Crippen LogP contribution is -2.28. The normalized spacial score (nSPS) is 23.3. The molecule has 1 aliphatic rings. The summed E-state index contributed by atoms with van der Waals surface area (Å²) < 4.78 is 8.28. The molecule has 0 aromatic carbocycles. The summed E-state index contributed by atoms with van der Waals surface area (Å²) in [5.41, 5.74) is 0.828. The molecule has 2 heterocycles. The van der Waals surface area contributed by atoms with Gasteiger partial charge in [-0.15, -0.1) is 0 Å². The second-order valence-corrected chi connectivity index (χ2v) is 4.90. The number of aliphatic hydroxyl groups excluding tert-OH is 1. The molecule has 5 heteroatoms. The average Bonchev–Trinajstić information content (AvgIpc) is 2.70. The Bertz CT molecular complexity index is 348. The van der Waals surface area contributed by atoms with Crippen LogP contribution in [0.15, 0.2) is 10.7 Å². The van der Waals surface area contributed by atoms with Crippen molar-refractivity contribution in [1.82, 2.24) is 9.78 Å². The van der Waals surface area contributed by atoms with E-state index in [-0.39, 0.29) is 6.10 Å². The van der Waals surface area contributed by atoms with Gasteiger partial charge in [-0.1, -0.05) is 0 Å². The molecule has 0 radical (unpaired) electrons. The van der Waals surface area contributed by atoms with E-state index in [9.17, 15) is 5.11 Å². The van der Waals surface area contributed by atoms with E-state index in [2.05, 4.69) is 21.0 Å². The minimum atomic E-state index is -0.586. The highest BCUT2D eigenvalue weighted by atomic mass is 79.9. The fourth-order valence-corrected chi connectivity index (χ4v) is 2.64. The molecule has 0 bridgehead atoms. The molecular weight excluding hydrogens is 272 g/mol. The fraction of sp³-hybridized carbons (Fsp3) is 0.727. The Labute approximate surface area is 104 Å². The SMILES string of the molecule is CCn1ncc(Br)c1C(O)C1CCCCO1. The molecule has 2 atom stereocenters. The molecule has 0 amide bonds. The van der Waals surface area contributed by atoms with Gasteiger partial charge in [-0.3, -0.25) is 4.68 Å². The molecule has 1 saturated heterocycles. The standard InChI is InChI=1S/C11H17BrN2O2/c1-2-14-10(8(12)7-13-14)11(15)9-5-3-4-6-16-9/h7,9,11,15H,2-6H2,1H3. The number of aromatic nitrogens is 2. The Morgan fingerprint density at radius 2 is 2.50 bits per heavy atom. The highest BCUT2D eigenvalue weighted by Crippen LogP contribution is 2.30. The Morgan fingerprint density at radius 3 is 3.12 bits per heavy atom. The van der Waals surface area contributed by atoms with Gasteiger partial charge in [0.05, 0.1) is 22.5 Å². The number of hydrogen-bond donors (Lipinski definition) is 1. The Kier molecular flexibility index (Phi) is 4.00. The van der Waals surface area contributed by atoms with Gasteiger partial charge in [0.1, 0.15) is 6.10 Å². The predicted molar refractivity (Wildman–Crippen MR) is 64.2 cm³/mol. The molecule has 0 saturated carbocycles. The van der Waals surface area contributed by atoms with Crippen molar-refractivity contribution >= 4 is 15.9 Å². The summed E-state index contributed by atoms with van der Waals surface area (Å²) in [6.07, 6.45) is 4.19. The summed E-state index contributed by atoms with van der Waals surface area (Å²) in [5.74, 6) is 0. The summed E-state index contributed by atoms with van der Waals surface area (Å²) in [6, 6.07) is 0. The van der Waals surface area contributed by atoms with Crippen molar-refractivity contribution in [2.24, 2.45) is 0 Å². The molecule has 90 valence electrons. The second kappa shape index (κ2) is 5.29.